The van der Waals surface area contributed by atoms with E-state index in [1.54, 1.807) is 25.1 Å². The van der Waals surface area contributed by atoms with Crippen molar-refractivity contribution in [2.45, 2.75) is 12.3 Å². The lowest BCUT2D eigenvalue weighted by atomic mass is 9.95. The van der Waals surface area contributed by atoms with E-state index in [0.29, 0.717) is 16.6 Å². The summed E-state index contributed by atoms with van der Waals surface area (Å²) in [5, 5.41) is 10.1. The van der Waals surface area contributed by atoms with Crippen molar-refractivity contribution in [2.24, 2.45) is 5.73 Å². The van der Waals surface area contributed by atoms with Crippen LogP contribution in [0.3, 0.4) is 0 Å². The monoisotopic (exact) mass is 401 g/mol. The van der Waals surface area contributed by atoms with Gasteiger partial charge in [-0.2, -0.15) is 0 Å². The first-order valence-corrected chi connectivity index (χ1v) is 8.52. The zero-order valence-corrected chi connectivity index (χ0v) is 15.3. The molecule has 7 nitrogen and oxygen atoms in total. The number of benzene rings is 1. The van der Waals surface area contributed by atoms with Gasteiger partial charge in [0.2, 0.25) is 0 Å². The minimum Gasteiger partial charge on any atom is -0.480 e. The van der Waals surface area contributed by atoms with Gasteiger partial charge in [-0.15, -0.1) is 0 Å². The number of carboxylic acids is 1. The van der Waals surface area contributed by atoms with Crippen molar-refractivity contribution in [3.8, 4) is 11.4 Å². The number of hydrogen-bond donors (Lipinski definition) is 2. The summed E-state index contributed by atoms with van der Waals surface area (Å²) in [7, 11) is 0. The minimum absolute atomic E-state index is 0.138. The molecular weight excluding hydrogens is 391 g/mol. The second-order valence-corrected chi connectivity index (χ2v) is 6.92. The number of pyridine rings is 1. The van der Waals surface area contributed by atoms with Crippen LogP contribution in [-0.2, 0) is 10.2 Å². The van der Waals surface area contributed by atoms with Gasteiger partial charge in [0.05, 0.1) is 26.8 Å². The van der Waals surface area contributed by atoms with E-state index in [0.717, 1.165) is 4.57 Å². The number of nitrogens with two attached hydrogens (primary N) is 1. The van der Waals surface area contributed by atoms with Crippen molar-refractivity contribution < 1.29 is 14.7 Å². The van der Waals surface area contributed by atoms with Crippen molar-refractivity contribution in [1.29, 1.82) is 0 Å². The fourth-order valence-corrected chi connectivity index (χ4v) is 3.70. The van der Waals surface area contributed by atoms with Crippen LogP contribution in [0.1, 0.15) is 11.3 Å². The lowest BCUT2D eigenvalue weighted by Crippen LogP contribution is -2.25. The lowest BCUT2D eigenvalue weighted by molar-refractivity contribution is -0.139. The van der Waals surface area contributed by atoms with Crippen LogP contribution in [0.4, 0.5) is 4.79 Å². The number of rotatable bonds is 3. The number of aryl methyl sites for hydroxylation is 1. The van der Waals surface area contributed by atoms with Crippen LogP contribution < -0.4 is 5.73 Å². The number of aromatic nitrogens is 3. The number of halogens is 2. The molecule has 1 amide bonds. The molecule has 0 spiro atoms. The number of fused-ring (bicyclic) bond motifs is 1. The molecule has 1 radical (unpaired) electrons. The third-order valence-electron chi connectivity index (χ3n) is 4.51. The molecule has 0 bridgehead atoms. The van der Waals surface area contributed by atoms with Crippen molar-refractivity contribution >= 4 is 46.2 Å². The molecule has 9 heteroatoms. The van der Waals surface area contributed by atoms with Gasteiger partial charge in [-0.3, -0.25) is 4.79 Å². The number of hydrogen-bond acceptors (Lipinski definition) is 4. The first-order valence-electron chi connectivity index (χ1n) is 7.77. The summed E-state index contributed by atoms with van der Waals surface area (Å²) in [6.45, 7) is 1.66. The lowest BCUT2D eigenvalue weighted by Gasteiger charge is -2.14. The molecular formula is C18H11Cl2N4O3. The Kier molecular flexibility index (Phi) is 3.76. The maximum absolute atomic E-state index is 12.2. The predicted molar refractivity (Wildman–Crippen MR) is 100.0 cm³/mol. The van der Waals surface area contributed by atoms with Gasteiger partial charge in [-0.25, -0.2) is 19.3 Å². The highest BCUT2D eigenvalue weighted by Gasteiger charge is 2.47. The summed E-state index contributed by atoms with van der Waals surface area (Å²) in [5.41, 5.74) is 5.90. The Labute approximate surface area is 163 Å². The molecule has 1 aliphatic rings. The van der Waals surface area contributed by atoms with E-state index in [2.05, 4.69) is 16.2 Å². The molecule has 0 aliphatic heterocycles. The van der Waals surface area contributed by atoms with Crippen LogP contribution in [0.25, 0.3) is 22.4 Å². The average Bonchev–Trinajstić information content (AvgIpc) is 3.30. The number of carboxylic acid groups (broad SMARTS) is 1. The van der Waals surface area contributed by atoms with E-state index in [-0.39, 0.29) is 27.1 Å². The van der Waals surface area contributed by atoms with Gasteiger partial charge >= 0.3 is 12.0 Å². The summed E-state index contributed by atoms with van der Waals surface area (Å²) >= 11 is 12.5. The SMILES string of the molecule is Cc1c(C2(C(=O)O)C=C2)n[c]c2nc(-c3c(Cl)cccc3Cl)n(C(N)=O)c12. The maximum atomic E-state index is 12.2. The molecule has 135 valence electrons. The second kappa shape index (κ2) is 5.80. The molecule has 0 unspecified atom stereocenters. The van der Waals surface area contributed by atoms with Crippen molar-refractivity contribution in [1.82, 2.24) is 14.5 Å². The highest BCUT2D eigenvalue weighted by atomic mass is 35.5. The molecule has 27 heavy (non-hydrogen) atoms. The highest BCUT2D eigenvalue weighted by Crippen LogP contribution is 2.42. The van der Waals surface area contributed by atoms with E-state index in [1.807, 2.05) is 0 Å². The Hall–Kier alpha value is -2.90. The molecule has 2 aromatic heterocycles. The van der Waals surface area contributed by atoms with Crippen LogP contribution in [-0.4, -0.2) is 31.6 Å². The molecule has 0 saturated heterocycles. The van der Waals surface area contributed by atoms with Gasteiger partial charge in [0.25, 0.3) is 0 Å². The van der Waals surface area contributed by atoms with E-state index in [9.17, 15) is 14.7 Å². The van der Waals surface area contributed by atoms with Gasteiger partial charge < -0.3 is 10.8 Å². The van der Waals surface area contributed by atoms with Gasteiger partial charge in [0.15, 0.2) is 5.82 Å². The number of primary amides is 1. The highest BCUT2D eigenvalue weighted by molar-refractivity contribution is 6.39. The Bertz CT molecular complexity index is 1160. The third kappa shape index (κ3) is 2.43. The Morgan fingerprint density at radius 2 is 1.89 bits per heavy atom. The number of imidazole rings is 1. The number of aliphatic carboxylic acids is 1. The normalized spacial score (nSPS) is 14.5. The van der Waals surface area contributed by atoms with E-state index >= 15 is 0 Å². The topological polar surface area (TPSA) is 111 Å². The van der Waals surface area contributed by atoms with Crippen LogP contribution in [0, 0.1) is 13.1 Å². The average molecular weight is 402 g/mol. The molecule has 3 aromatic rings. The zero-order valence-electron chi connectivity index (χ0n) is 13.8. The molecule has 1 aliphatic carbocycles. The van der Waals surface area contributed by atoms with Crippen LogP contribution in [0.15, 0.2) is 30.4 Å². The Morgan fingerprint density at radius 3 is 2.41 bits per heavy atom. The summed E-state index contributed by atoms with van der Waals surface area (Å²) in [4.78, 5) is 32.4. The summed E-state index contributed by atoms with van der Waals surface area (Å²) in [6.07, 6.45) is 5.74. The fraction of sp³-hybridized carbons (Fsp3) is 0.111. The summed E-state index contributed by atoms with van der Waals surface area (Å²) in [6, 6.07) is 4.07. The van der Waals surface area contributed by atoms with Gasteiger partial charge in [0.1, 0.15) is 17.1 Å². The Morgan fingerprint density at radius 1 is 1.26 bits per heavy atom. The number of nitrogens with zero attached hydrogens (tertiary/aromatic N) is 3. The van der Waals surface area contributed by atoms with Gasteiger partial charge in [-0.05, 0) is 24.6 Å². The molecule has 1 aromatic carbocycles. The largest absolute Gasteiger partial charge is 0.480 e. The van der Waals surface area contributed by atoms with Crippen LogP contribution in [0.2, 0.25) is 10.0 Å². The van der Waals surface area contributed by atoms with E-state index in [4.69, 9.17) is 28.9 Å². The van der Waals surface area contributed by atoms with Gasteiger partial charge in [-0.1, -0.05) is 41.4 Å². The van der Waals surface area contributed by atoms with Crippen molar-refractivity contribution in [3.63, 3.8) is 0 Å². The van der Waals surface area contributed by atoms with E-state index < -0.39 is 17.4 Å². The zero-order chi connectivity index (χ0) is 19.5. The summed E-state index contributed by atoms with van der Waals surface area (Å²) in [5.74, 6) is -0.926. The Balaban J connectivity index is 2.07. The van der Waals surface area contributed by atoms with Crippen molar-refractivity contribution in [2.75, 3.05) is 0 Å². The van der Waals surface area contributed by atoms with Gasteiger partial charge in [0, 0.05) is 0 Å². The molecule has 0 atom stereocenters. The molecule has 4 rings (SSSR count). The number of carbonyl (C=O) groups excluding carboxylic acids is 1. The maximum Gasteiger partial charge on any atom is 0.325 e. The van der Waals surface area contributed by atoms with Crippen LogP contribution >= 0.6 is 23.2 Å². The second-order valence-electron chi connectivity index (χ2n) is 6.11. The molecule has 2 heterocycles. The number of amides is 1. The molecule has 0 saturated carbocycles. The third-order valence-corrected chi connectivity index (χ3v) is 5.14. The minimum atomic E-state index is -1.30. The quantitative estimate of drug-likeness (QED) is 0.653. The molecule has 0 fully saturated rings. The van der Waals surface area contributed by atoms with E-state index in [1.165, 1.54) is 12.2 Å². The molecule has 3 N–H and O–H groups in total. The first-order chi connectivity index (χ1) is 12.8. The predicted octanol–water partition coefficient (Wildman–Crippen LogP) is 3.33. The smallest absolute Gasteiger partial charge is 0.325 e. The fourth-order valence-electron chi connectivity index (χ4n) is 3.13. The van der Waals surface area contributed by atoms with Crippen LogP contribution in [0.5, 0.6) is 0 Å². The first kappa shape index (κ1) is 17.5. The summed E-state index contributed by atoms with van der Waals surface area (Å²) < 4.78 is 1.15. The standard InChI is InChI=1S/C18H11Cl2N4O3/c1-8-13-11(7-22-14(8)18(5-6-18)16(25)26)23-15(24(13)17(21)27)12-9(19)3-2-4-10(12)20/h2-6H,1H3,(H2,21,27)(H,25,26). The number of carbonyl (C=O) groups is 2. The van der Waals surface area contributed by atoms with Crippen molar-refractivity contribution in [3.05, 3.63) is 57.9 Å².